The van der Waals surface area contributed by atoms with Crippen LogP contribution in [0.15, 0.2) is 54.6 Å². The molecule has 2 heteroatoms. The van der Waals surface area contributed by atoms with E-state index in [1.54, 1.807) is 0 Å². The normalized spacial score (nSPS) is 16.8. The van der Waals surface area contributed by atoms with Crippen LogP contribution in [-0.4, -0.2) is 18.0 Å². The molecule has 21 heavy (non-hydrogen) atoms. The van der Waals surface area contributed by atoms with Gasteiger partial charge >= 0.3 is 0 Å². The lowest BCUT2D eigenvalue weighted by Crippen LogP contribution is -2.32. The van der Waals surface area contributed by atoms with Gasteiger partial charge in [-0.3, -0.25) is 4.90 Å². The molecule has 0 saturated carbocycles. The standard InChI is InChI=1S/C19H24N2/c1-16-11-13-21(14-12-16)15-17-7-5-6-10-19(17)20-18-8-3-2-4-9-18/h2-10,16,20H,11-15H2,1H3. The maximum absolute atomic E-state index is 3.54. The Hall–Kier alpha value is -1.80. The second kappa shape index (κ2) is 6.77. The fourth-order valence-electron chi connectivity index (χ4n) is 2.92. The molecule has 3 rings (SSSR count). The summed E-state index contributed by atoms with van der Waals surface area (Å²) >= 11 is 0. The van der Waals surface area contributed by atoms with E-state index < -0.39 is 0 Å². The molecule has 1 saturated heterocycles. The molecule has 2 aromatic rings. The molecule has 0 unspecified atom stereocenters. The van der Waals surface area contributed by atoms with Crippen molar-refractivity contribution in [3.63, 3.8) is 0 Å². The Morgan fingerprint density at radius 3 is 2.38 bits per heavy atom. The van der Waals surface area contributed by atoms with Crippen LogP contribution in [0, 0.1) is 5.92 Å². The van der Waals surface area contributed by atoms with Crippen LogP contribution in [-0.2, 0) is 6.54 Å². The number of para-hydroxylation sites is 2. The molecule has 1 fully saturated rings. The van der Waals surface area contributed by atoms with Crippen LogP contribution in [0.1, 0.15) is 25.3 Å². The van der Waals surface area contributed by atoms with Gasteiger partial charge in [0.15, 0.2) is 0 Å². The van der Waals surface area contributed by atoms with E-state index in [4.69, 9.17) is 0 Å². The van der Waals surface area contributed by atoms with Crippen LogP contribution in [0.5, 0.6) is 0 Å². The number of nitrogens with one attached hydrogen (secondary N) is 1. The fraction of sp³-hybridized carbons (Fsp3) is 0.368. The highest BCUT2D eigenvalue weighted by Gasteiger charge is 2.16. The number of hydrogen-bond acceptors (Lipinski definition) is 2. The van der Waals surface area contributed by atoms with Gasteiger partial charge in [-0.25, -0.2) is 0 Å². The van der Waals surface area contributed by atoms with Gasteiger partial charge in [0.1, 0.15) is 0 Å². The summed E-state index contributed by atoms with van der Waals surface area (Å²) in [6, 6.07) is 19.1. The average molecular weight is 280 g/mol. The molecule has 1 aliphatic rings. The van der Waals surface area contributed by atoms with Crippen LogP contribution >= 0.6 is 0 Å². The predicted octanol–water partition coefficient (Wildman–Crippen LogP) is 4.66. The quantitative estimate of drug-likeness (QED) is 0.876. The maximum Gasteiger partial charge on any atom is 0.0429 e. The molecule has 0 aromatic heterocycles. The number of anilines is 2. The Balaban J connectivity index is 1.70. The lowest BCUT2D eigenvalue weighted by atomic mass is 9.98. The molecule has 0 radical (unpaired) electrons. The van der Waals surface area contributed by atoms with Crippen molar-refractivity contribution in [3.8, 4) is 0 Å². The topological polar surface area (TPSA) is 15.3 Å². The minimum absolute atomic E-state index is 0.888. The zero-order chi connectivity index (χ0) is 14.5. The Bertz CT molecular complexity index is 557. The summed E-state index contributed by atoms with van der Waals surface area (Å²) < 4.78 is 0. The molecule has 0 bridgehead atoms. The van der Waals surface area contributed by atoms with Crippen LogP contribution in [0.4, 0.5) is 11.4 Å². The first-order valence-electron chi connectivity index (χ1n) is 7.93. The lowest BCUT2D eigenvalue weighted by molar-refractivity contribution is 0.185. The minimum Gasteiger partial charge on any atom is -0.355 e. The molecule has 2 aromatic carbocycles. The van der Waals surface area contributed by atoms with E-state index in [2.05, 4.69) is 65.7 Å². The van der Waals surface area contributed by atoms with E-state index in [9.17, 15) is 0 Å². The molecule has 0 aliphatic carbocycles. The third-order valence-corrected chi connectivity index (χ3v) is 4.34. The molecular formula is C19H24N2. The third-order valence-electron chi connectivity index (χ3n) is 4.34. The number of piperidine rings is 1. The van der Waals surface area contributed by atoms with Gasteiger partial charge in [-0.15, -0.1) is 0 Å². The van der Waals surface area contributed by atoms with E-state index in [0.29, 0.717) is 0 Å². The van der Waals surface area contributed by atoms with Crippen LogP contribution in [0.3, 0.4) is 0 Å². The predicted molar refractivity (Wildman–Crippen MR) is 89.8 cm³/mol. The van der Waals surface area contributed by atoms with Gasteiger partial charge in [-0.2, -0.15) is 0 Å². The van der Waals surface area contributed by atoms with Gasteiger partial charge in [0.25, 0.3) is 0 Å². The fourth-order valence-corrected chi connectivity index (χ4v) is 2.92. The Kier molecular flexibility index (Phi) is 4.56. The highest BCUT2D eigenvalue weighted by Crippen LogP contribution is 2.24. The maximum atomic E-state index is 3.54. The summed E-state index contributed by atoms with van der Waals surface area (Å²) in [5.41, 5.74) is 3.76. The van der Waals surface area contributed by atoms with Gasteiger partial charge < -0.3 is 5.32 Å². The van der Waals surface area contributed by atoms with E-state index in [1.807, 2.05) is 6.07 Å². The summed E-state index contributed by atoms with van der Waals surface area (Å²) in [5.74, 6) is 0.888. The highest BCUT2D eigenvalue weighted by atomic mass is 15.1. The monoisotopic (exact) mass is 280 g/mol. The first-order valence-corrected chi connectivity index (χ1v) is 7.93. The van der Waals surface area contributed by atoms with Crippen molar-refractivity contribution in [2.24, 2.45) is 5.92 Å². The minimum atomic E-state index is 0.888. The molecular weight excluding hydrogens is 256 g/mol. The Morgan fingerprint density at radius 1 is 0.952 bits per heavy atom. The Labute approximate surface area is 127 Å². The largest absolute Gasteiger partial charge is 0.355 e. The molecule has 0 spiro atoms. The van der Waals surface area contributed by atoms with Crippen LogP contribution < -0.4 is 5.32 Å². The van der Waals surface area contributed by atoms with Crippen molar-refractivity contribution in [1.82, 2.24) is 4.90 Å². The zero-order valence-electron chi connectivity index (χ0n) is 12.8. The number of benzene rings is 2. The SMILES string of the molecule is CC1CCN(Cc2ccccc2Nc2ccccc2)CC1. The number of nitrogens with zero attached hydrogens (tertiary/aromatic N) is 1. The lowest BCUT2D eigenvalue weighted by Gasteiger charge is -2.30. The molecule has 2 nitrogen and oxygen atoms in total. The first kappa shape index (κ1) is 14.2. The third kappa shape index (κ3) is 3.85. The number of likely N-dealkylation sites (tertiary alicyclic amines) is 1. The van der Waals surface area contributed by atoms with Crippen molar-refractivity contribution < 1.29 is 0 Å². The summed E-state index contributed by atoms with van der Waals surface area (Å²) in [6.07, 6.45) is 2.66. The van der Waals surface area contributed by atoms with Crippen molar-refractivity contribution in [2.75, 3.05) is 18.4 Å². The Morgan fingerprint density at radius 2 is 1.62 bits per heavy atom. The number of rotatable bonds is 4. The first-order chi connectivity index (χ1) is 10.3. The molecule has 0 amide bonds. The summed E-state index contributed by atoms with van der Waals surface area (Å²) in [7, 11) is 0. The van der Waals surface area contributed by atoms with Gasteiger partial charge in [-0.1, -0.05) is 43.3 Å². The van der Waals surface area contributed by atoms with Crippen molar-refractivity contribution >= 4 is 11.4 Å². The highest BCUT2D eigenvalue weighted by molar-refractivity contribution is 5.62. The molecule has 0 atom stereocenters. The van der Waals surface area contributed by atoms with E-state index in [-0.39, 0.29) is 0 Å². The summed E-state index contributed by atoms with van der Waals surface area (Å²) in [5, 5.41) is 3.54. The molecule has 1 aliphatic heterocycles. The summed E-state index contributed by atoms with van der Waals surface area (Å²) in [4.78, 5) is 2.57. The van der Waals surface area contributed by atoms with Gasteiger partial charge in [0.2, 0.25) is 0 Å². The molecule has 1 N–H and O–H groups in total. The van der Waals surface area contributed by atoms with Crippen molar-refractivity contribution in [1.29, 1.82) is 0 Å². The van der Waals surface area contributed by atoms with E-state index >= 15 is 0 Å². The van der Waals surface area contributed by atoms with Crippen molar-refractivity contribution in [3.05, 3.63) is 60.2 Å². The molecule has 110 valence electrons. The van der Waals surface area contributed by atoms with Crippen molar-refractivity contribution in [2.45, 2.75) is 26.3 Å². The van der Waals surface area contributed by atoms with Gasteiger partial charge in [0, 0.05) is 17.9 Å². The molecule has 1 heterocycles. The number of hydrogen-bond donors (Lipinski definition) is 1. The van der Waals surface area contributed by atoms with Crippen LogP contribution in [0.25, 0.3) is 0 Å². The second-order valence-electron chi connectivity index (χ2n) is 6.11. The summed E-state index contributed by atoms with van der Waals surface area (Å²) in [6.45, 7) is 5.85. The van der Waals surface area contributed by atoms with E-state index in [0.717, 1.165) is 18.2 Å². The van der Waals surface area contributed by atoms with E-state index in [1.165, 1.54) is 37.2 Å². The van der Waals surface area contributed by atoms with Gasteiger partial charge in [-0.05, 0) is 55.6 Å². The van der Waals surface area contributed by atoms with Crippen LogP contribution in [0.2, 0.25) is 0 Å². The zero-order valence-corrected chi connectivity index (χ0v) is 12.8. The average Bonchev–Trinajstić information content (AvgIpc) is 2.52. The van der Waals surface area contributed by atoms with Gasteiger partial charge in [0.05, 0.1) is 0 Å². The second-order valence-corrected chi connectivity index (χ2v) is 6.11. The smallest absolute Gasteiger partial charge is 0.0429 e.